The van der Waals surface area contributed by atoms with Crippen molar-refractivity contribution in [3.05, 3.63) is 0 Å². The van der Waals surface area contributed by atoms with Gasteiger partial charge in [-0.05, 0) is 25.8 Å². The molecule has 2 atom stereocenters. The van der Waals surface area contributed by atoms with Crippen LogP contribution in [0.15, 0.2) is 0 Å². The minimum absolute atomic E-state index is 0.487. The fraction of sp³-hybridized carbons (Fsp3) is 1.00. The summed E-state index contributed by atoms with van der Waals surface area (Å²) in [6.45, 7) is 4.79. The Labute approximate surface area is 80.4 Å². The zero-order chi connectivity index (χ0) is 9.10. The van der Waals surface area contributed by atoms with Crippen molar-refractivity contribution < 1.29 is 4.74 Å². The first-order chi connectivity index (χ1) is 6.38. The summed E-state index contributed by atoms with van der Waals surface area (Å²) in [7, 11) is 1.82. The van der Waals surface area contributed by atoms with Gasteiger partial charge < -0.3 is 10.1 Å². The summed E-state index contributed by atoms with van der Waals surface area (Å²) in [5.74, 6) is 0. The van der Waals surface area contributed by atoms with E-state index in [2.05, 4.69) is 10.2 Å². The van der Waals surface area contributed by atoms with Crippen LogP contribution in [-0.2, 0) is 4.74 Å². The first kappa shape index (κ1) is 9.44. The predicted octanol–water partition coefficient (Wildman–Crippen LogP) is 0.459. The highest BCUT2D eigenvalue weighted by Gasteiger charge is 2.25. The second-order valence-corrected chi connectivity index (χ2v) is 4.20. The van der Waals surface area contributed by atoms with Crippen LogP contribution in [-0.4, -0.2) is 50.3 Å². The number of nitrogens with zero attached hydrogens (tertiary/aromatic N) is 1. The molecule has 0 aromatic rings. The molecule has 2 aliphatic heterocycles. The van der Waals surface area contributed by atoms with E-state index in [9.17, 15) is 0 Å². The van der Waals surface area contributed by atoms with Crippen molar-refractivity contribution in [1.82, 2.24) is 10.2 Å². The third-order valence-electron chi connectivity index (χ3n) is 3.20. The van der Waals surface area contributed by atoms with Gasteiger partial charge >= 0.3 is 0 Å². The van der Waals surface area contributed by atoms with E-state index in [-0.39, 0.29) is 0 Å². The molecule has 0 amide bonds. The van der Waals surface area contributed by atoms with E-state index in [0.717, 1.165) is 12.6 Å². The molecule has 3 heteroatoms. The fourth-order valence-electron chi connectivity index (χ4n) is 2.38. The summed E-state index contributed by atoms with van der Waals surface area (Å²) < 4.78 is 5.34. The molecular formula is C10H20N2O. The average Bonchev–Trinajstić information content (AvgIpc) is 2.76. The standard InChI is InChI=1S/C10H20N2O/c1-13-10-4-6-12(8-10)7-9-3-2-5-11-9/h9-11H,2-8H2,1H3/t9-,10?/m1/s1. The molecule has 13 heavy (non-hydrogen) atoms. The molecule has 2 saturated heterocycles. The lowest BCUT2D eigenvalue weighted by atomic mass is 10.2. The molecule has 0 aromatic heterocycles. The topological polar surface area (TPSA) is 24.5 Å². The lowest BCUT2D eigenvalue weighted by Gasteiger charge is -2.20. The van der Waals surface area contributed by atoms with Gasteiger partial charge in [-0.1, -0.05) is 0 Å². The lowest BCUT2D eigenvalue weighted by Crippen LogP contribution is -2.36. The van der Waals surface area contributed by atoms with Crippen LogP contribution in [0.3, 0.4) is 0 Å². The molecule has 1 unspecified atom stereocenters. The van der Waals surface area contributed by atoms with E-state index in [1.807, 2.05) is 7.11 Å². The maximum atomic E-state index is 5.34. The summed E-state index contributed by atoms with van der Waals surface area (Å²) in [4.78, 5) is 2.52. The second kappa shape index (κ2) is 4.40. The Hall–Kier alpha value is -0.120. The highest BCUT2D eigenvalue weighted by atomic mass is 16.5. The summed E-state index contributed by atoms with van der Waals surface area (Å²) in [5, 5.41) is 3.53. The summed E-state index contributed by atoms with van der Waals surface area (Å²) in [6, 6.07) is 0.746. The number of methoxy groups -OCH3 is 1. The number of hydrogen-bond acceptors (Lipinski definition) is 3. The molecule has 0 aliphatic carbocycles. The van der Waals surface area contributed by atoms with Gasteiger partial charge in [0.05, 0.1) is 6.10 Å². The zero-order valence-corrected chi connectivity index (χ0v) is 8.46. The van der Waals surface area contributed by atoms with Crippen molar-refractivity contribution in [3.8, 4) is 0 Å². The van der Waals surface area contributed by atoms with E-state index in [1.54, 1.807) is 0 Å². The monoisotopic (exact) mass is 184 g/mol. The molecular weight excluding hydrogens is 164 g/mol. The van der Waals surface area contributed by atoms with Crippen LogP contribution in [0.4, 0.5) is 0 Å². The molecule has 1 N–H and O–H groups in total. The van der Waals surface area contributed by atoms with Gasteiger partial charge in [0.2, 0.25) is 0 Å². The molecule has 0 spiro atoms. The Morgan fingerprint density at radius 2 is 2.38 bits per heavy atom. The van der Waals surface area contributed by atoms with Crippen molar-refractivity contribution >= 4 is 0 Å². The molecule has 76 valence electrons. The normalized spacial score (nSPS) is 35.8. The largest absolute Gasteiger partial charge is 0.380 e. The van der Waals surface area contributed by atoms with Crippen LogP contribution >= 0.6 is 0 Å². The first-order valence-corrected chi connectivity index (χ1v) is 5.37. The van der Waals surface area contributed by atoms with E-state index < -0.39 is 0 Å². The highest BCUT2D eigenvalue weighted by molar-refractivity contribution is 4.82. The van der Waals surface area contributed by atoms with Gasteiger partial charge in [0.15, 0.2) is 0 Å². The van der Waals surface area contributed by atoms with Crippen molar-refractivity contribution in [3.63, 3.8) is 0 Å². The summed E-state index contributed by atoms with van der Waals surface area (Å²) in [5.41, 5.74) is 0. The third kappa shape index (κ3) is 2.42. The molecule has 3 nitrogen and oxygen atoms in total. The van der Waals surface area contributed by atoms with Gasteiger partial charge in [-0.2, -0.15) is 0 Å². The molecule has 2 rings (SSSR count). The van der Waals surface area contributed by atoms with Crippen LogP contribution < -0.4 is 5.32 Å². The van der Waals surface area contributed by atoms with Crippen LogP contribution in [0.25, 0.3) is 0 Å². The molecule has 2 fully saturated rings. The van der Waals surface area contributed by atoms with Crippen molar-refractivity contribution in [1.29, 1.82) is 0 Å². The zero-order valence-electron chi connectivity index (χ0n) is 8.46. The average molecular weight is 184 g/mol. The number of ether oxygens (including phenoxy) is 1. The molecule has 0 radical (unpaired) electrons. The van der Waals surface area contributed by atoms with Gasteiger partial charge in [0.25, 0.3) is 0 Å². The van der Waals surface area contributed by atoms with Gasteiger partial charge in [0, 0.05) is 32.8 Å². The fourth-order valence-corrected chi connectivity index (χ4v) is 2.38. The predicted molar refractivity (Wildman–Crippen MR) is 52.9 cm³/mol. The Kier molecular flexibility index (Phi) is 3.19. The summed E-state index contributed by atoms with van der Waals surface area (Å²) in [6.07, 6.45) is 4.41. The van der Waals surface area contributed by atoms with E-state index in [0.29, 0.717) is 6.10 Å². The molecule has 2 heterocycles. The number of likely N-dealkylation sites (tertiary alicyclic amines) is 1. The Bertz CT molecular complexity index is 157. The molecule has 0 aromatic carbocycles. The Morgan fingerprint density at radius 3 is 3.00 bits per heavy atom. The van der Waals surface area contributed by atoms with Gasteiger partial charge in [0.1, 0.15) is 0 Å². The SMILES string of the molecule is COC1CCN(C[C@H]2CCCN2)C1. The lowest BCUT2D eigenvalue weighted by molar-refractivity contribution is 0.107. The molecule has 0 bridgehead atoms. The Balaban J connectivity index is 1.70. The molecule has 2 aliphatic rings. The minimum atomic E-state index is 0.487. The maximum Gasteiger partial charge on any atom is 0.0710 e. The van der Waals surface area contributed by atoms with Crippen LogP contribution in [0.2, 0.25) is 0 Å². The van der Waals surface area contributed by atoms with E-state index in [4.69, 9.17) is 4.74 Å². The summed E-state index contributed by atoms with van der Waals surface area (Å²) >= 11 is 0. The Morgan fingerprint density at radius 1 is 1.46 bits per heavy atom. The van der Waals surface area contributed by atoms with Crippen LogP contribution in [0, 0.1) is 0 Å². The molecule has 0 saturated carbocycles. The quantitative estimate of drug-likeness (QED) is 0.689. The number of nitrogens with one attached hydrogen (secondary N) is 1. The maximum absolute atomic E-state index is 5.34. The van der Waals surface area contributed by atoms with E-state index in [1.165, 1.54) is 38.9 Å². The van der Waals surface area contributed by atoms with Crippen molar-refractivity contribution in [2.24, 2.45) is 0 Å². The van der Waals surface area contributed by atoms with Gasteiger partial charge in [-0.25, -0.2) is 0 Å². The minimum Gasteiger partial charge on any atom is -0.380 e. The highest BCUT2D eigenvalue weighted by Crippen LogP contribution is 2.14. The van der Waals surface area contributed by atoms with Crippen LogP contribution in [0.5, 0.6) is 0 Å². The van der Waals surface area contributed by atoms with Crippen LogP contribution in [0.1, 0.15) is 19.3 Å². The smallest absolute Gasteiger partial charge is 0.0710 e. The first-order valence-electron chi connectivity index (χ1n) is 5.37. The third-order valence-corrected chi connectivity index (χ3v) is 3.20. The van der Waals surface area contributed by atoms with Gasteiger partial charge in [-0.15, -0.1) is 0 Å². The van der Waals surface area contributed by atoms with Crippen molar-refractivity contribution in [2.75, 3.05) is 33.3 Å². The van der Waals surface area contributed by atoms with E-state index >= 15 is 0 Å². The second-order valence-electron chi connectivity index (χ2n) is 4.20. The van der Waals surface area contributed by atoms with Gasteiger partial charge in [-0.3, -0.25) is 4.90 Å². The number of rotatable bonds is 3. The number of hydrogen-bond donors (Lipinski definition) is 1. The van der Waals surface area contributed by atoms with Crippen molar-refractivity contribution in [2.45, 2.75) is 31.4 Å².